The summed E-state index contributed by atoms with van der Waals surface area (Å²) in [7, 11) is -3.76. The van der Waals surface area contributed by atoms with Crippen molar-refractivity contribution in [1.29, 1.82) is 0 Å². The van der Waals surface area contributed by atoms with Gasteiger partial charge in [0, 0.05) is 10.7 Å². The summed E-state index contributed by atoms with van der Waals surface area (Å²) in [6.07, 6.45) is 1.00. The third-order valence-corrected chi connectivity index (χ3v) is 5.81. The SMILES string of the molecule is CCOC(=O)c1cc(NC(=O)CN(c2cccc(Cl)c2C)S(C)(=O)=O)ccc1Cl. The molecular formula is C19H20Cl2N2O5S. The highest BCUT2D eigenvalue weighted by molar-refractivity contribution is 7.92. The van der Waals surface area contributed by atoms with Gasteiger partial charge in [0.05, 0.1) is 29.1 Å². The largest absolute Gasteiger partial charge is 0.462 e. The summed E-state index contributed by atoms with van der Waals surface area (Å²) in [5.41, 5.74) is 1.21. The molecule has 10 heteroatoms. The lowest BCUT2D eigenvalue weighted by molar-refractivity contribution is -0.114. The van der Waals surface area contributed by atoms with Gasteiger partial charge in [0.2, 0.25) is 15.9 Å². The van der Waals surface area contributed by atoms with E-state index in [1.54, 1.807) is 32.0 Å². The highest BCUT2D eigenvalue weighted by atomic mass is 35.5. The van der Waals surface area contributed by atoms with Crippen LogP contribution in [0.2, 0.25) is 10.0 Å². The van der Waals surface area contributed by atoms with Crippen molar-refractivity contribution < 1.29 is 22.7 Å². The van der Waals surface area contributed by atoms with Crippen LogP contribution in [0.1, 0.15) is 22.8 Å². The number of anilines is 2. The Morgan fingerprint density at radius 3 is 2.45 bits per heavy atom. The lowest BCUT2D eigenvalue weighted by atomic mass is 10.2. The quantitative estimate of drug-likeness (QED) is 0.635. The number of benzene rings is 2. The average molecular weight is 459 g/mol. The van der Waals surface area contributed by atoms with E-state index in [1.165, 1.54) is 18.2 Å². The van der Waals surface area contributed by atoms with Gasteiger partial charge in [-0.15, -0.1) is 0 Å². The maximum absolute atomic E-state index is 12.5. The van der Waals surface area contributed by atoms with Gasteiger partial charge < -0.3 is 10.1 Å². The molecule has 0 fully saturated rings. The second-order valence-corrected chi connectivity index (χ2v) is 8.84. The van der Waals surface area contributed by atoms with Crippen LogP contribution in [0.4, 0.5) is 11.4 Å². The van der Waals surface area contributed by atoms with Crippen LogP contribution in [-0.4, -0.2) is 39.7 Å². The monoisotopic (exact) mass is 458 g/mol. The van der Waals surface area contributed by atoms with Crippen molar-refractivity contribution in [3.05, 3.63) is 57.6 Å². The molecule has 0 aliphatic heterocycles. The number of halogens is 2. The van der Waals surface area contributed by atoms with Crippen LogP contribution in [0, 0.1) is 6.92 Å². The maximum Gasteiger partial charge on any atom is 0.339 e. The van der Waals surface area contributed by atoms with Crippen molar-refractivity contribution in [2.75, 3.05) is 29.0 Å². The average Bonchev–Trinajstić information content (AvgIpc) is 2.63. The molecule has 0 spiro atoms. The Morgan fingerprint density at radius 2 is 1.83 bits per heavy atom. The minimum Gasteiger partial charge on any atom is -0.462 e. The van der Waals surface area contributed by atoms with Gasteiger partial charge in [-0.05, 0) is 49.7 Å². The third-order valence-electron chi connectivity index (χ3n) is 3.94. The van der Waals surface area contributed by atoms with Crippen LogP contribution >= 0.6 is 23.2 Å². The van der Waals surface area contributed by atoms with E-state index in [-0.39, 0.29) is 22.9 Å². The minimum atomic E-state index is -3.76. The number of nitrogens with one attached hydrogen (secondary N) is 1. The molecule has 0 aliphatic carbocycles. The molecule has 156 valence electrons. The number of ether oxygens (including phenoxy) is 1. The first kappa shape index (κ1) is 23.0. The summed E-state index contributed by atoms with van der Waals surface area (Å²) < 4.78 is 30.4. The fourth-order valence-corrected chi connectivity index (χ4v) is 3.82. The molecule has 0 radical (unpaired) electrons. The van der Waals surface area contributed by atoms with Gasteiger partial charge in [0.1, 0.15) is 6.54 Å². The highest BCUT2D eigenvalue weighted by Gasteiger charge is 2.23. The van der Waals surface area contributed by atoms with Crippen LogP contribution in [0.25, 0.3) is 0 Å². The van der Waals surface area contributed by atoms with Crippen molar-refractivity contribution in [2.45, 2.75) is 13.8 Å². The van der Waals surface area contributed by atoms with Crippen LogP contribution in [-0.2, 0) is 19.6 Å². The molecule has 0 saturated heterocycles. The van der Waals surface area contributed by atoms with E-state index < -0.39 is 28.4 Å². The van der Waals surface area contributed by atoms with Gasteiger partial charge in [-0.2, -0.15) is 0 Å². The van der Waals surface area contributed by atoms with Crippen LogP contribution in [0.5, 0.6) is 0 Å². The number of hydrogen-bond donors (Lipinski definition) is 1. The molecule has 29 heavy (non-hydrogen) atoms. The van der Waals surface area contributed by atoms with E-state index in [1.807, 2.05) is 0 Å². The molecule has 2 rings (SSSR count). The molecule has 1 N–H and O–H groups in total. The Bertz CT molecular complexity index is 1040. The standard InChI is InChI=1S/C19H20Cl2N2O5S/c1-4-28-19(25)14-10-13(8-9-16(14)21)22-18(24)11-23(29(3,26)27)17-7-5-6-15(20)12(17)2/h5-10H,4,11H2,1-3H3,(H,22,24). The molecule has 1 amide bonds. The molecule has 2 aromatic rings. The molecule has 0 aliphatic rings. The number of carbonyl (C=O) groups excluding carboxylic acids is 2. The van der Waals surface area contributed by atoms with Crippen LogP contribution in [0.3, 0.4) is 0 Å². The Hall–Kier alpha value is -2.29. The van der Waals surface area contributed by atoms with Crippen LogP contribution in [0.15, 0.2) is 36.4 Å². The van der Waals surface area contributed by atoms with Gasteiger partial charge in [-0.1, -0.05) is 29.3 Å². The smallest absolute Gasteiger partial charge is 0.339 e. The minimum absolute atomic E-state index is 0.0944. The van der Waals surface area contributed by atoms with Crippen molar-refractivity contribution in [2.24, 2.45) is 0 Å². The van der Waals surface area contributed by atoms with E-state index in [0.717, 1.165) is 10.6 Å². The zero-order valence-corrected chi connectivity index (χ0v) is 18.4. The number of rotatable bonds is 7. The Morgan fingerprint density at radius 1 is 1.14 bits per heavy atom. The van der Waals surface area contributed by atoms with Crippen molar-refractivity contribution in [3.8, 4) is 0 Å². The summed E-state index contributed by atoms with van der Waals surface area (Å²) in [6, 6.07) is 9.11. The summed E-state index contributed by atoms with van der Waals surface area (Å²) >= 11 is 12.1. The molecule has 0 bridgehead atoms. The first-order valence-electron chi connectivity index (χ1n) is 8.54. The topological polar surface area (TPSA) is 92.8 Å². The second kappa shape index (κ2) is 9.47. The fourth-order valence-electron chi connectivity index (χ4n) is 2.55. The first-order valence-corrected chi connectivity index (χ1v) is 11.1. The number of hydrogen-bond acceptors (Lipinski definition) is 5. The van der Waals surface area contributed by atoms with Crippen molar-refractivity contribution in [1.82, 2.24) is 0 Å². The number of carbonyl (C=O) groups is 2. The summed E-state index contributed by atoms with van der Waals surface area (Å²) in [4.78, 5) is 24.5. The summed E-state index contributed by atoms with van der Waals surface area (Å²) in [5, 5.41) is 3.13. The normalized spacial score (nSPS) is 11.1. The second-order valence-electron chi connectivity index (χ2n) is 6.12. The Labute approximate surface area is 179 Å². The van der Waals surface area contributed by atoms with Gasteiger partial charge in [0.25, 0.3) is 0 Å². The number of esters is 1. The lowest BCUT2D eigenvalue weighted by Gasteiger charge is -2.24. The molecular weight excluding hydrogens is 439 g/mol. The van der Waals surface area contributed by atoms with Gasteiger partial charge in [0.15, 0.2) is 0 Å². The van der Waals surface area contributed by atoms with E-state index >= 15 is 0 Å². The third kappa shape index (κ3) is 5.85. The Balaban J connectivity index is 2.27. The Kier molecular flexibility index (Phi) is 7.51. The number of nitrogens with zero attached hydrogens (tertiary/aromatic N) is 1. The number of sulfonamides is 1. The van der Waals surface area contributed by atoms with E-state index in [2.05, 4.69) is 5.32 Å². The predicted octanol–water partition coefficient (Wildman–Crippen LogP) is 3.88. The molecule has 0 heterocycles. The molecule has 0 atom stereocenters. The molecule has 7 nitrogen and oxygen atoms in total. The molecule has 2 aromatic carbocycles. The van der Waals surface area contributed by atoms with Gasteiger partial charge in [-0.25, -0.2) is 13.2 Å². The molecule has 0 saturated carbocycles. The zero-order valence-electron chi connectivity index (χ0n) is 16.0. The molecule has 0 unspecified atom stereocenters. The fraction of sp³-hybridized carbons (Fsp3) is 0.263. The van der Waals surface area contributed by atoms with E-state index in [9.17, 15) is 18.0 Å². The van der Waals surface area contributed by atoms with Gasteiger partial charge in [-0.3, -0.25) is 9.10 Å². The van der Waals surface area contributed by atoms with E-state index in [0.29, 0.717) is 16.3 Å². The van der Waals surface area contributed by atoms with Gasteiger partial charge >= 0.3 is 5.97 Å². The highest BCUT2D eigenvalue weighted by Crippen LogP contribution is 2.28. The first-order chi connectivity index (χ1) is 13.5. The van der Waals surface area contributed by atoms with Crippen LogP contribution < -0.4 is 9.62 Å². The number of amides is 1. The predicted molar refractivity (Wildman–Crippen MR) is 114 cm³/mol. The van der Waals surface area contributed by atoms with Crippen molar-refractivity contribution in [3.63, 3.8) is 0 Å². The lowest BCUT2D eigenvalue weighted by Crippen LogP contribution is -2.37. The van der Waals surface area contributed by atoms with E-state index in [4.69, 9.17) is 27.9 Å². The molecule has 0 aromatic heterocycles. The summed E-state index contributed by atoms with van der Waals surface area (Å²) in [6.45, 7) is 3.03. The summed E-state index contributed by atoms with van der Waals surface area (Å²) in [5.74, 6) is -1.23. The zero-order chi connectivity index (χ0) is 21.8. The van der Waals surface area contributed by atoms with Crippen molar-refractivity contribution >= 4 is 56.5 Å². The maximum atomic E-state index is 12.5.